The molecule has 1 saturated heterocycles. The smallest absolute Gasteiger partial charge is 0.125 e. The predicted octanol–water partition coefficient (Wildman–Crippen LogP) is 3.67. The van der Waals surface area contributed by atoms with E-state index in [2.05, 4.69) is 41.2 Å². The number of piperidine rings is 1. The monoisotopic (exact) mass is 261 g/mol. The van der Waals surface area contributed by atoms with E-state index < -0.39 is 0 Å². The second-order valence-electron chi connectivity index (χ2n) is 5.51. The fraction of sp³-hybridized carbons (Fsp3) is 0.688. The summed E-state index contributed by atoms with van der Waals surface area (Å²) in [5, 5.41) is 3.32. The van der Waals surface area contributed by atoms with E-state index in [0.717, 1.165) is 31.4 Å². The first-order chi connectivity index (χ1) is 9.33. The summed E-state index contributed by atoms with van der Waals surface area (Å²) in [6.45, 7) is 7.77. The Kier molecular flexibility index (Phi) is 5.64. The molecule has 1 fully saturated rings. The van der Waals surface area contributed by atoms with Crippen molar-refractivity contribution in [3.63, 3.8) is 0 Å². The molecule has 0 radical (unpaired) electrons. The summed E-state index contributed by atoms with van der Waals surface area (Å²) in [5.41, 5.74) is 1.34. The molecule has 106 valence electrons. The number of likely N-dealkylation sites (tertiary alicyclic amines) is 1. The van der Waals surface area contributed by atoms with Crippen LogP contribution in [0.5, 0.6) is 0 Å². The minimum atomic E-state index is 0.770. The van der Waals surface area contributed by atoms with Gasteiger partial charge in [-0.2, -0.15) is 0 Å². The average Bonchev–Trinajstić information content (AvgIpc) is 2.47. The van der Waals surface area contributed by atoms with E-state index in [0.29, 0.717) is 0 Å². The van der Waals surface area contributed by atoms with Crippen molar-refractivity contribution in [3.05, 3.63) is 23.9 Å². The van der Waals surface area contributed by atoms with Gasteiger partial charge in [-0.1, -0.05) is 26.3 Å². The van der Waals surface area contributed by atoms with Crippen LogP contribution in [0.4, 0.5) is 5.82 Å². The van der Waals surface area contributed by atoms with Crippen LogP contribution in [-0.4, -0.2) is 29.0 Å². The maximum atomic E-state index is 4.49. The molecule has 1 aliphatic rings. The molecule has 0 saturated carbocycles. The molecule has 1 N–H and O–H groups in total. The van der Waals surface area contributed by atoms with Crippen LogP contribution in [0, 0.1) is 0 Å². The van der Waals surface area contributed by atoms with E-state index >= 15 is 0 Å². The molecule has 1 atom stereocenters. The molecule has 3 nitrogen and oxygen atoms in total. The van der Waals surface area contributed by atoms with Crippen molar-refractivity contribution in [2.75, 3.05) is 18.4 Å². The van der Waals surface area contributed by atoms with Gasteiger partial charge in [0.2, 0.25) is 0 Å². The van der Waals surface area contributed by atoms with E-state index in [-0.39, 0.29) is 0 Å². The van der Waals surface area contributed by atoms with Crippen LogP contribution in [0.25, 0.3) is 0 Å². The van der Waals surface area contributed by atoms with Gasteiger partial charge in [0.05, 0.1) is 0 Å². The second-order valence-corrected chi connectivity index (χ2v) is 5.51. The number of aromatic nitrogens is 1. The molecule has 2 heterocycles. The Morgan fingerprint density at radius 2 is 2.21 bits per heavy atom. The minimum Gasteiger partial charge on any atom is -0.370 e. The van der Waals surface area contributed by atoms with E-state index in [1.54, 1.807) is 0 Å². The minimum absolute atomic E-state index is 0.770. The summed E-state index contributed by atoms with van der Waals surface area (Å²) in [5.74, 6) is 0.997. The third-order valence-electron chi connectivity index (χ3n) is 3.99. The molecule has 1 aliphatic heterocycles. The summed E-state index contributed by atoms with van der Waals surface area (Å²) >= 11 is 0. The van der Waals surface area contributed by atoms with Gasteiger partial charge in [-0.15, -0.1) is 0 Å². The summed E-state index contributed by atoms with van der Waals surface area (Å²) in [6, 6.07) is 5.09. The van der Waals surface area contributed by atoms with Crippen molar-refractivity contribution in [2.45, 2.75) is 58.5 Å². The topological polar surface area (TPSA) is 28.2 Å². The molecule has 0 bridgehead atoms. The van der Waals surface area contributed by atoms with Crippen LogP contribution in [-0.2, 0) is 6.54 Å². The second kappa shape index (κ2) is 7.49. The number of hydrogen-bond acceptors (Lipinski definition) is 3. The van der Waals surface area contributed by atoms with E-state index in [1.807, 2.05) is 6.20 Å². The summed E-state index contributed by atoms with van der Waals surface area (Å²) in [7, 11) is 0. The third-order valence-corrected chi connectivity index (χ3v) is 3.99. The number of anilines is 1. The lowest BCUT2D eigenvalue weighted by Crippen LogP contribution is -2.38. The number of pyridine rings is 1. The third kappa shape index (κ3) is 4.20. The lowest BCUT2D eigenvalue weighted by molar-refractivity contribution is 0.136. The Morgan fingerprint density at radius 1 is 1.32 bits per heavy atom. The van der Waals surface area contributed by atoms with Crippen LogP contribution < -0.4 is 5.32 Å². The van der Waals surface area contributed by atoms with Gasteiger partial charge in [0.1, 0.15) is 5.82 Å². The van der Waals surface area contributed by atoms with E-state index in [4.69, 9.17) is 0 Å². The largest absolute Gasteiger partial charge is 0.370 e. The molecule has 0 aromatic carbocycles. The highest BCUT2D eigenvalue weighted by atomic mass is 15.2. The van der Waals surface area contributed by atoms with Gasteiger partial charge in [0.25, 0.3) is 0 Å². The molecule has 19 heavy (non-hydrogen) atoms. The number of nitrogens with zero attached hydrogens (tertiary/aromatic N) is 2. The molecule has 3 heteroatoms. The molecular formula is C16H27N3. The van der Waals surface area contributed by atoms with Gasteiger partial charge in [-0.25, -0.2) is 4.98 Å². The van der Waals surface area contributed by atoms with Crippen molar-refractivity contribution in [1.29, 1.82) is 0 Å². The predicted molar refractivity (Wildman–Crippen MR) is 81.4 cm³/mol. The highest BCUT2D eigenvalue weighted by molar-refractivity contribution is 5.35. The Bertz CT molecular complexity index is 361. The lowest BCUT2D eigenvalue weighted by Gasteiger charge is -2.35. The van der Waals surface area contributed by atoms with Crippen molar-refractivity contribution in [3.8, 4) is 0 Å². The van der Waals surface area contributed by atoms with Crippen LogP contribution in [0.1, 0.15) is 51.5 Å². The maximum absolute atomic E-state index is 4.49. The first-order valence-corrected chi connectivity index (χ1v) is 7.76. The van der Waals surface area contributed by atoms with Crippen molar-refractivity contribution >= 4 is 5.82 Å². The molecule has 1 aromatic heterocycles. The summed E-state index contributed by atoms with van der Waals surface area (Å²) < 4.78 is 0. The van der Waals surface area contributed by atoms with Gasteiger partial charge in [-0.05, 0) is 43.9 Å². The number of hydrogen-bond donors (Lipinski definition) is 1. The van der Waals surface area contributed by atoms with Crippen LogP contribution in [0.3, 0.4) is 0 Å². The standard InChI is InChI=1S/C16H27N3/c1-3-10-17-16-9-8-14(12-18-16)13-19-11-6-5-7-15(19)4-2/h8-9,12,15H,3-7,10-11,13H2,1-2H3,(H,17,18). The molecular weight excluding hydrogens is 234 g/mol. The van der Waals surface area contributed by atoms with E-state index in [9.17, 15) is 0 Å². The van der Waals surface area contributed by atoms with Crippen LogP contribution in [0.2, 0.25) is 0 Å². The first kappa shape index (κ1) is 14.3. The fourth-order valence-corrected chi connectivity index (χ4v) is 2.84. The summed E-state index contributed by atoms with van der Waals surface area (Å²) in [4.78, 5) is 7.12. The normalized spacial score (nSPS) is 20.4. The Hall–Kier alpha value is -1.09. The summed E-state index contributed by atoms with van der Waals surface area (Å²) in [6.07, 6.45) is 8.53. The molecule has 0 spiro atoms. The first-order valence-electron chi connectivity index (χ1n) is 7.76. The maximum Gasteiger partial charge on any atom is 0.125 e. The van der Waals surface area contributed by atoms with Crippen molar-refractivity contribution in [1.82, 2.24) is 9.88 Å². The number of nitrogens with one attached hydrogen (secondary N) is 1. The molecule has 2 rings (SSSR count). The Balaban J connectivity index is 1.90. The molecule has 0 aliphatic carbocycles. The SMILES string of the molecule is CCCNc1ccc(CN2CCCCC2CC)cn1. The van der Waals surface area contributed by atoms with E-state index in [1.165, 1.54) is 37.8 Å². The van der Waals surface area contributed by atoms with Crippen LogP contribution >= 0.6 is 0 Å². The van der Waals surface area contributed by atoms with Gasteiger partial charge >= 0.3 is 0 Å². The quantitative estimate of drug-likeness (QED) is 0.847. The van der Waals surface area contributed by atoms with Crippen molar-refractivity contribution in [2.24, 2.45) is 0 Å². The lowest BCUT2D eigenvalue weighted by atomic mass is 9.99. The van der Waals surface area contributed by atoms with Crippen LogP contribution in [0.15, 0.2) is 18.3 Å². The van der Waals surface area contributed by atoms with Gasteiger partial charge < -0.3 is 5.32 Å². The molecule has 0 amide bonds. The van der Waals surface area contributed by atoms with Crippen molar-refractivity contribution < 1.29 is 0 Å². The number of rotatable bonds is 6. The zero-order valence-corrected chi connectivity index (χ0v) is 12.4. The van der Waals surface area contributed by atoms with Gasteiger partial charge in [0, 0.05) is 25.3 Å². The van der Waals surface area contributed by atoms with Gasteiger partial charge in [0.15, 0.2) is 0 Å². The average molecular weight is 261 g/mol. The zero-order valence-electron chi connectivity index (χ0n) is 12.4. The Labute approximate surface area is 117 Å². The molecule has 1 aromatic rings. The highest BCUT2D eigenvalue weighted by Crippen LogP contribution is 2.21. The van der Waals surface area contributed by atoms with Gasteiger partial charge in [-0.3, -0.25) is 4.90 Å². The Morgan fingerprint density at radius 3 is 2.89 bits per heavy atom. The zero-order chi connectivity index (χ0) is 13.5. The fourth-order valence-electron chi connectivity index (χ4n) is 2.84. The molecule has 1 unspecified atom stereocenters. The highest BCUT2D eigenvalue weighted by Gasteiger charge is 2.20.